The van der Waals surface area contributed by atoms with Gasteiger partial charge < -0.3 is 10.6 Å². The van der Waals surface area contributed by atoms with E-state index in [0.29, 0.717) is 22.3 Å². The van der Waals surface area contributed by atoms with Gasteiger partial charge in [-0.1, -0.05) is 12.1 Å². The van der Waals surface area contributed by atoms with Crippen LogP contribution < -0.4 is 10.6 Å². The van der Waals surface area contributed by atoms with Gasteiger partial charge in [-0.15, -0.1) is 0 Å². The first-order valence-electron chi connectivity index (χ1n) is 9.86. The molecule has 0 spiro atoms. The van der Waals surface area contributed by atoms with Gasteiger partial charge in [-0.2, -0.15) is 0 Å². The summed E-state index contributed by atoms with van der Waals surface area (Å²) in [7, 11) is 0. The summed E-state index contributed by atoms with van der Waals surface area (Å²) in [6.07, 6.45) is 0. The molecule has 0 fully saturated rings. The van der Waals surface area contributed by atoms with Crippen molar-refractivity contribution in [3.63, 3.8) is 0 Å². The summed E-state index contributed by atoms with van der Waals surface area (Å²) in [6.45, 7) is 10.2. The standard InChI is InChI=1S/C24H28N2O4/c1-13-7-9-19(11-21(13)17(5)27)23(29)25-15(3)16(4)26-24(30)20-10-8-14(2)22(12-20)18(6)28/h7-12,15-16H,1-6H3,(H,25,29)(H,26,30). The van der Waals surface area contributed by atoms with Crippen molar-refractivity contribution in [2.75, 3.05) is 0 Å². The van der Waals surface area contributed by atoms with E-state index in [2.05, 4.69) is 10.6 Å². The first-order valence-corrected chi connectivity index (χ1v) is 9.86. The Bertz CT molecular complexity index is 929. The SMILES string of the molecule is CC(=O)c1cc(C(=O)NC(C)C(C)NC(=O)c2ccc(C)c(C(C)=O)c2)ccc1C. The van der Waals surface area contributed by atoms with Crippen LogP contribution in [-0.4, -0.2) is 35.5 Å². The van der Waals surface area contributed by atoms with E-state index in [1.807, 2.05) is 13.8 Å². The molecule has 2 rings (SSSR count). The van der Waals surface area contributed by atoms with Crippen molar-refractivity contribution < 1.29 is 19.2 Å². The van der Waals surface area contributed by atoms with Gasteiger partial charge >= 0.3 is 0 Å². The summed E-state index contributed by atoms with van der Waals surface area (Å²) < 4.78 is 0. The van der Waals surface area contributed by atoms with Gasteiger partial charge in [0.15, 0.2) is 11.6 Å². The Morgan fingerprint density at radius 2 is 1.00 bits per heavy atom. The number of carbonyl (C=O) groups is 4. The van der Waals surface area contributed by atoms with Crippen LogP contribution in [-0.2, 0) is 0 Å². The third-order valence-electron chi connectivity index (χ3n) is 5.23. The lowest BCUT2D eigenvalue weighted by atomic mass is 10.0. The summed E-state index contributed by atoms with van der Waals surface area (Å²) >= 11 is 0. The Hall–Kier alpha value is -3.28. The molecule has 0 bridgehead atoms. The van der Waals surface area contributed by atoms with Crippen LogP contribution in [0.5, 0.6) is 0 Å². The molecule has 0 saturated heterocycles. The summed E-state index contributed by atoms with van der Waals surface area (Å²) in [5, 5.41) is 5.72. The van der Waals surface area contributed by atoms with Gasteiger partial charge in [0.25, 0.3) is 11.8 Å². The number of ketones is 2. The number of amides is 2. The third kappa shape index (κ3) is 5.41. The van der Waals surface area contributed by atoms with Crippen molar-refractivity contribution in [2.45, 2.75) is 53.6 Å². The number of aryl methyl sites for hydroxylation is 2. The summed E-state index contributed by atoms with van der Waals surface area (Å²) in [6, 6.07) is 9.27. The van der Waals surface area contributed by atoms with Gasteiger partial charge in [-0.3, -0.25) is 19.2 Å². The lowest BCUT2D eigenvalue weighted by Gasteiger charge is -2.23. The maximum atomic E-state index is 12.6. The lowest BCUT2D eigenvalue weighted by Crippen LogP contribution is -2.48. The molecule has 30 heavy (non-hydrogen) atoms. The molecule has 0 heterocycles. The topological polar surface area (TPSA) is 92.3 Å². The van der Waals surface area contributed by atoms with Gasteiger partial charge in [-0.05, 0) is 76.9 Å². The Morgan fingerprint density at radius 3 is 1.30 bits per heavy atom. The number of hydrogen-bond donors (Lipinski definition) is 2. The molecule has 6 nitrogen and oxygen atoms in total. The molecule has 158 valence electrons. The molecule has 2 N–H and O–H groups in total. The van der Waals surface area contributed by atoms with Gasteiger partial charge in [-0.25, -0.2) is 0 Å². The Morgan fingerprint density at radius 1 is 0.667 bits per heavy atom. The van der Waals surface area contributed by atoms with E-state index < -0.39 is 0 Å². The average molecular weight is 408 g/mol. The molecule has 0 aromatic heterocycles. The van der Waals surface area contributed by atoms with Crippen LogP contribution in [0.25, 0.3) is 0 Å². The van der Waals surface area contributed by atoms with Crippen molar-refractivity contribution >= 4 is 23.4 Å². The highest BCUT2D eigenvalue weighted by Gasteiger charge is 2.20. The summed E-state index contributed by atoms with van der Waals surface area (Å²) in [4.78, 5) is 48.6. The molecule has 2 atom stereocenters. The van der Waals surface area contributed by atoms with E-state index in [-0.39, 0.29) is 35.5 Å². The van der Waals surface area contributed by atoms with Crippen LogP contribution >= 0.6 is 0 Å². The molecule has 2 unspecified atom stereocenters. The minimum absolute atomic E-state index is 0.0983. The average Bonchev–Trinajstić information content (AvgIpc) is 2.67. The molecule has 6 heteroatoms. The second kappa shape index (κ2) is 9.48. The zero-order chi connectivity index (χ0) is 22.6. The number of benzene rings is 2. The predicted octanol–water partition coefficient (Wildman–Crippen LogP) is 3.65. The third-order valence-corrected chi connectivity index (χ3v) is 5.23. The molecule has 2 aromatic rings. The van der Waals surface area contributed by atoms with E-state index >= 15 is 0 Å². The van der Waals surface area contributed by atoms with E-state index in [9.17, 15) is 19.2 Å². The number of nitrogens with one attached hydrogen (secondary N) is 2. The van der Waals surface area contributed by atoms with Crippen LogP contribution in [0.2, 0.25) is 0 Å². The van der Waals surface area contributed by atoms with Gasteiger partial charge in [0, 0.05) is 34.3 Å². The molecule has 0 aliphatic heterocycles. The molecule has 2 aromatic carbocycles. The van der Waals surface area contributed by atoms with Crippen LogP contribution in [0, 0.1) is 13.8 Å². The van der Waals surface area contributed by atoms with Crippen molar-refractivity contribution in [3.8, 4) is 0 Å². The van der Waals surface area contributed by atoms with Crippen molar-refractivity contribution in [1.82, 2.24) is 10.6 Å². The van der Waals surface area contributed by atoms with Gasteiger partial charge in [0.2, 0.25) is 0 Å². The normalized spacial score (nSPS) is 12.6. The van der Waals surface area contributed by atoms with Crippen molar-refractivity contribution in [2.24, 2.45) is 0 Å². The Balaban J connectivity index is 2.06. The van der Waals surface area contributed by atoms with Crippen molar-refractivity contribution in [1.29, 1.82) is 0 Å². The summed E-state index contributed by atoms with van der Waals surface area (Å²) in [5.74, 6) is -0.835. The first kappa shape index (κ1) is 23.0. The monoisotopic (exact) mass is 408 g/mol. The van der Waals surface area contributed by atoms with E-state index in [4.69, 9.17) is 0 Å². The molecule has 0 radical (unpaired) electrons. The van der Waals surface area contributed by atoms with Gasteiger partial charge in [0.05, 0.1) is 0 Å². The smallest absolute Gasteiger partial charge is 0.251 e. The van der Waals surface area contributed by atoms with Crippen LogP contribution in [0.4, 0.5) is 0 Å². The second-order valence-corrected chi connectivity index (χ2v) is 7.70. The van der Waals surface area contributed by atoms with Gasteiger partial charge in [0.1, 0.15) is 0 Å². The zero-order valence-electron chi connectivity index (χ0n) is 18.3. The first-order chi connectivity index (χ1) is 14.0. The minimum Gasteiger partial charge on any atom is -0.348 e. The lowest BCUT2D eigenvalue weighted by molar-refractivity contribution is 0.0891. The highest BCUT2D eigenvalue weighted by atomic mass is 16.2. The largest absolute Gasteiger partial charge is 0.348 e. The maximum Gasteiger partial charge on any atom is 0.251 e. The van der Waals surface area contributed by atoms with Crippen LogP contribution in [0.1, 0.15) is 80.3 Å². The fraction of sp³-hybridized carbons (Fsp3) is 0.333. The molecule has 0 aliphatic rings. The molecule has 0 aliphatic carbocycles. The fourth-order valence-electron chi connectivity index (χ4n) is 3.12. The molecule has 2 amide bonds. The molecular weight excluding hydrogens is 380 g/mol. The fourth-order valence-corrected chi connectivity index (χ4v) is 3.12. The maximum absolute atomic E-state index is 12.6. The molecule has 0 saturated carbocycles. The van der Waals surface area contributed by atoms with E-state index in [1.165, 1.54) is 13.8 Å². The molecular formula is C24H28N2O4. The van der Waals surface area contributed by atoms with Crippen LogP contribution in [0.15, 0.2) is 36.4 Å². The number of Topliss-reactive ketones (excluding diaryl/α,β-unsaturated/α-hetero) is 2. The minimum atomic E-state index is -0.360. The summed E-state index contributed by atoms with van der Waals surface area (Å²) in [5.41, 5.74) is 3.43. The van der Waals surface area contributed by atoms with E-state index in [1.54, 1.807) is 50.2 Å². The number of rotatable bonds is 7. The predicted molar refractivity (Wildman–Crippen MR) is 116 cm³/mol. The van der Waals surface area contributed by atoms with Crippen LogP contribution in [0.3, 0.4) is 0 Å². The Kier molecular flexibility index (Phi) is 7.27. The highest BCUT2D eigenvalue weighted by Crippen LogP contribution is 2.14. The second-order valence-electron chi connectivity index (χ2n) is 7.70. The quantitative estimate of drug-likeness (QED) is 0.684. The highest BCUT2D eigenvalue weighted by molar-refractivity contribution is 6.01. The Labute approximate surface area is 177 Å². The van der Waals surface area contributed by atoms with E-state index in [0.717, 1.165) is 11.1 Å². The number of carbonyl (C=O) groups excluding carboxylic acids is 4. The number of hydrogen-bond acceptors (Lipinski definition) is 4. The zero-order valence-corrected chi connectivity index (χ0v) is 18.3. The van der Waals surface area contributed by atoms with Crippen molar-refractivity contribution in [3.05, 3.63) is 69.8 Å².